The van der Waals surface area contributed by atoms with Crippen LogP contribution in [0.3, 0.4) is 0 Å². The fourth-order valence-electron chi connectivity index (χ4n) is 1.65. The Balaban J connectivity index is 1.88. The summed E-state index contributed by atoms with van der Waals surface area (Å²) in [6, 6.07) is 0. The fraction of sp³-hybridized carbons (Fsp3) is 0.583. The first-order chi connectivity index (χ1) is 8.66. The minimum absolute atomic E-state index is 0.282. The summed E-state index contributed by atoms with van der Waals surface area (Å²) in [5.41, 5.74) is 1.69. The Bertz CT molecular complexity index is 508. The van der Waals surface area contributed by atoms with Crippen LogP contribution in [0.25, 0.3) is 11.0 Å². The predicted molar refractivity (Wildman–Crippen MR) is 70.6 cm³/mol. The maximum atomic E-state index is 5.46. The van der Waals surface area contributed by atoms with E-state index in [-0.39, 0.29) is 6.10 Å². The molecule has 2 N–H and O–H groups in total. The lowest BCUT2D eigenvalue weighted by molar-refractivity contribution is 0.0787. The van der Waals surface area contributed by atoms with Gasteiger partial charge in [-0.25, -0.2) is 4.98 Å². The predicted octanol–water partition coefficient (Wildman–Crippen LogP) is 1.89. The quantitative estimate of drug-likeness (QED) is 0.765. The van der Waals surface area contributed by atoms with E-state index < -0.39 is 0 Å². The zero-order valence-electron chi connectivity index (χ0n) is 11.0. The molecule has 0 bridgehead atoms. The van der Waals surface area contributed by atoms with Gasteiger partial charge >= 0.3 is 0 Å². The third kappa shape index (κ3) is 3.16. The van der Waals surface area contributed by atoms with Gasteiger partial charge in [0.05, 0.1) is 23.4 Å². The number of hydrogen-bond donors (Lipinski definition) is 2. The van der Waals surface area contributed by atoms with Crippen LogP contribution in [0.2, 0.25) is 0 Å². The molecule has 2 aromatic rings. The van der Waals surface area contributed by atoms with Crippen molar-refractivity contribution >= 4 is 17.0 Å². The second-order valence-electron chi connectivity index (χ2n) is 4.46. The molecule has 0 saturated carbocycles. The summed E-state index contributed by atoms with van der Waals surface area (Å²) < 4.78 is 5.46. The summed E-state index contributed by atoms with van der Waals surface area (Å²) in [7, 11) is 0. The lowest BCUT2D eigenvalue weighted by Crippen LogP contribution is -2.11. The lowest BCUT2D eigenvalue weighted by atomic mass is 10.3. The van der Waals surface area contributed by atoms with Gasteiger partial charge in [-0.3, -0.25) is 5.10 Å². The van der Waals surface area contributed by atoms with Crippen LogP contribution in [-0.4, -0.2) is 39.4 Å². The van der Waals surface area contributed by atoms with Crippen LogP contribution >= 0.6 is 0 Å². The Kier molecular flexibility index (Phi) is 4.09. The zero-order valence-corrected chi connectivity index (χ0v) is 11.0. The smallest absolute Gasteiger partial charge is 0.224 e. The number of hydrogen-bond acceptors (Lipinski definition) is 5. The van der Waals surface area contributed by atoms with Crippen molar-refractivity contribution in [1.29, 1.82) is 0 Å². The van der Waals surface area contributed by atoms with Gasteiger partial charge in [0.2, 0.25) is 5.95 Å². The maximum absolute atomic E-state index is 5.46. The normalized spacial score (nSPS) is 11.3. The van der Waals surface area contributed by atoms with Crippen LogP contribution in [0.4, 0.5) is 5.95 Å². The average molecular weight is 249 g/mol. The molecule has 6 heteroatoms. The minimum Gasteiger partial charge on any atom is -0.379 e. The maximum Gasteiger partial charge on any atom is 0.224 e. The summed E-state index contributed by atoms with van der Waals surface area (Å²) >= 11 is 0. The molecule has 0 unspecified atom stereocenters. The van der Waals surface area contributed by atoms with E-state index in [1.165, 1.54) is 0 Å². The van der Waals surface area contributed by atoms with Crippen molar-refractivity contribution in [3.63, 3.8) is 0 Å². The van der Waals surface area contributed by atoms with E-state index in [9.17, 15) is 0 Å². The Morgan fingerprint density at radius 1 is 1.39 bits per heavy atom. The molecule has 18 heavy (non-hydrogen) atoms. The molecule has 0 amide bonds. The number of aromatic amines is 1. The van der Waals surface area contributed by atoms with Gasteiger partial charge in [0.25, 0.3) is 0 Å². The fourth-order valence-corrected chi connectivity index (χ4v) is 1.65. The molecule has 0 atom stereocenters. The number of rotatable bonds is 6. The van der Waals surface area contributed by atoms with Crippen molar-refractivity contribution in [3.8, 4) is 0 Å². The second-order valence-corrected chi connectivity index (χ2v) is 4.46. The Morgan fingerprint density at radius 3 is 3.00 bits per heavy atom. The number of aromatic nitrogens is 4. The van der Waals surface area contributed by atoms with Gasteiger partial charge in [-0.1, -0.05) is 0 Å². The van der Waals surface area contributed by atoms with Gasteiger partial charge < -0.3 is 10.1 Å². The van der Waals surface area contributed by atoms with Crippen LogP contribution in [0.5, 0.6) is 0 Å². The summed E-state index contributed by atoms with van der Waals surface area (Å²) in [5, 5.41) is 11.0. The topological polar surface area (TPSA) is 75.7 Å². The SMILES string of the molecule is Cc1nc(NCCCOC(C)C)nc2[nH]ncc12. The van der Waals surface area contributed by atoms with E-state index in [1.807, 2.05) is 20.8 Å². The molecule has 2 rings (SSSR count). The van der Waals surface area contributed by atoms with Gasteiger partial charge in [0, 0.05) is 13.2 Å². The standard InChI is InChI=1S/C12H19N5O/c1-8(2)18-6-4-5-13-12-15-9(3)10-7-14-17-11(10)16-12/h7-8H,4-6H2,1-3H3,(H2,13,14,15,16,17). The first-order valence-corrected chi connectivity index (χ1v) is 6.20. The van der Waals surface area contributed by atoms with Crippen molar-refractivity contribution < 1.29 is 4.74 Å². The van der Waals surface area contributed by atoms with Gasteiger partial charge in [0.15, 0.2) is 5.65 Å². The highest BCUT2D eigenvalue weighted by Crippen LogP contribution is 2.13. The van der Waals surface area contributed by atoms with E-state index >= 15 is 0 Å². The Labute approximate surface area is 106 Å². The minimum atomic E-state index is 0.282. The summed E-state index contributed by atoms with van der Waals surface area (Å²) in [5.74, 6) is 0.633. The highest BCUT2D eigenvalue weighted by Gasteiger charge is 2.05. The number of aryl methyl sites for hydroxylation is 1. The molecular formula is C12H19N5O. The molecule has 98 valence electrons. The van der Waals surface area contributed by atoms with E-state index in [0.717, 1.165) is 36.3 Å². The van der Waals surface area contributed by atoms with Gasteiger partial charge in [0.1, 0.15) is 0 Å². The number of nitrogens with one attached hydrogen (secondary N) is 2. The van der Waals surface area contributed by atoms with Crippen molar-refractivity contribution in [1.82, 2.24) is 20.2 Å². The number of nitrogens with zero attached hydrogens (tertiary/aromatic N) is 3. The van der Waals surface area contributed by atoms with E-state index in [2.05, 4.69) is 25.5 Å². The van der Waals surface area contributed by atoms with Gasteiger partial charge in [-0.05, 0) is 27.2 Å². The molecule has 0 spiro atoms. The first kappa shape index (κ1) is 12.8. The van der Waals surface area contributed by atoms with E-state index in [1.54, 1.807) is 6.20 Å². The lowest BCUT2D eigenvalue weighted by Gasteiger charge is -2.08. The van der Waals surface area contributed by atoms with Crippen LogP contribution in [0.1, 0.15) is 26.0 Å². The third-order valence-corrected chi connectivity index (χ3v) is 2.56. The van der Waals surface area contributed by atoms with Crippen LogP contribution < -0.4 is 5.32 Å². The van der Waals surface area contributed by atoms with Crippen molar-refractivity contribution in [2.24, 2.45) is 0 Å². The molecule has 6 nitrogen and oxygen atoms in total. The van der Waals surface area contributed by atoms with Gasteiger partial charge in [-0.15, -0.1) is 0 Å². The highest BCUT2D eigenvalue weighted by molar-refractivity contribution is 5.77. The Morgan fingerprint density at radius 2 is 2.22 bits per heavy atom. The molecular weight excluding hydrogens is 230 g/mol. The number of H-pyrrole nitrogens is 1. The summed E-state index contributed by atoms with van der Waals surface area (Å²) in [6.07, 6.45) is 2.96. The summed E-state index contributed by atoms with van der Waals surface area (Å²) in [6.45, 7) is 7.56. The molecule has 2 aromatic heterocycles. The molecule has 2 heterocycles. The van der Waals surface area contributed by atoms with E-state index in [0.29, 0.717) is 5.95 Å². The van der Waals surface area contributed by atoms with Crippen LogP contribution in [-0.2, 0) is 4.74 Å². The Hall–Kier alpha value is -1.69. The first-order valence-electron chi connectivity index (χ1n) is 6.20. The van der Waals surface area contributed by atoms with Crippen LogP contribution in [0, 0.1) is 6.92 Å². The molecule has 0 aliphatic carbocycles. The van der Waals surface area contributed by atoms with E-state index in [4.69, 9.17) is 4.74 Å². The monoisotopic (exact) mass is 249 g/mol. The number of ether oxygens (including phenoxy) is 1. The van der Waals surface area contributed by atoms with Gasteiger partial charge in [-0.2, -0.15) is 10.1 Å². The average Bonchev–Trinajstić information content (AvgIpc) is 2.77. The second kappa shape index (κ2) is 5.77. The van der Waals surface area contributed by atoms with Crippen molar-refractivity contribution in [2.45, 2.75) is 33.3 Å². The molecule has 0 aliphatic heterocycles. The zero-order chi connectivity index (χ0) is 13.0. The number of fused-ring (bicyclic) bond motifs is 1. The molecule has 0 aliphatic rings. The van der Waals surface area contributed by atoms with Crippen LogP contribution in [0.15, 0.2) is 6.20 Å². The van der Waals surface area contributed by atoms with Crippen molar-refractivity contribution in [2.75, 3.05) is 18.5 Å². The summed E-state index contributed by atoms with van der Waals surface area (Å²) in [4.78, 5) is 8.73. The third-order valence-electron chi connectivity index (χ3n) is 2.56. The highest BCUT2D eigenvalue weighted by atomic mass is 16.5. The molecule has 0 radical (unpaired) electrons. The largest absolute Gasteiger partial charge is 0.379 e. The van der Waals surface area contributed by atoms with Crippen molar-refractivity contribution in [3.05, 3.63) is 11.9 Å². The molecule has 0 aromatic carbocycles. The number of anilines is 1. The molecule has 0 fully saturated rings. The molecule has 0 saturated heterocycles.